The molecule has 1 aromatic heterocycles. The number of nitrogens with zero attached hydrogens (tertiary/aromatic N) is 3. The Hall–Kier alpha value is -2.22. The highest BCUT2D eigenvalue weighted by molar-refractivity contribution is 7.99. The van der Waals surface area contributed by atoms with E-state index in [1.54, 1.807) is 0 Å². The minimum absolute atomic E-state index is 0.0200. The first-order valence-corrected chi connectivity index (χ1v) is 10.4. The molecule has 0 fully saturated rings. The van der Waals surface area contributed by atoms with Crippen LogP contribution in [0.5, 0.6) is 11.5 Å². The minimum atomic E-state index is -0.107. The van der Waals surface area contributed by atoms with Gasteiger partial charge in [0.2, 0.25) is 5.91 Å². The van der Waals surface area contributed by atoms with Crippen LogP contribution in [0.15, 0.2) is 23.4 Å². The predicted octanol–water partition coefficient (Wildman–Crippen LogP) is 2.75. The maximum atomic E-state index is 12.4. The Balaban J connectivity index is 1.33. The summed E-state index contributed by atoms with van der Waals surface area (Å²) in [6.07, 6.45) is 4.50. The van der Waals surface area contributed by atoms with E-state index in [2.05, 4.69) is 20.1 Å². The monoisotopic (exact) mass is 388 g/mol. The van der Waals surface area contributed by atoms with E-state index in [1.807, 2.05) is 25.1 Å². The van der Waals surface area contributed by atoms with Crippen molar-refractivity contribution in [1.82, 2.24) is 20.1 Å². The Kier molecular flexibility index (Phi) is 5.52. The van der Waals surface area contributed by atoms with Gasteiger partial charge in [-0.15, -0.1) is 10.2 Å². The van der Waals surface area contributed by atoms with Gasteiger partial charge in [0.15, 0.2) is 16.7 Å². The van der Waals surface area contributed by atoms with Crippen LogP contribution >= 0.6 is 11.8 Å². The van der Waals surface area contributed by atoms with Gasteiger partial charge >= 0.3 is 0 Å². The van der Waals surface area contributed by atoms with Crippen LogP contribution in [-0.4, -0.2) is 39.6 Å². The molecule has 2 aliphatic heterocycles. The lowest BCUT2D eigenvalue weighted by Gasteiger charge is -2.21. The Morgan fingerprint density at radius 3 is 2.96 bits per heavy atom. The van der Waals surface area contributed by atoms with Crippen LogP contribution < -0.4 is 14.8 Å². The third-order valence-electron chi connectivity index (χ3n) is 4.85. The SMILES string of the molecule is C[C@@H](NC(=O)CSc1nnc2n1CCCCC2)c1ccc2c(c1)OCCO2. The maximum Gasteiger partial charge on any atom is 0.230 e. The average molecular weight is 388 g/mol. The number of hydrogen-bond acceptors (Lipinski definition) is 6. The van der Waals surface area contributed by atoms with E-state index in [-0.39, 0.29) is 11.9 Å². The molecule has 0 saturated heterocycles. The molecule has 0 bridgehead atoms. The molecule has 0 aliphatic carbocycles. The van der Waals surface area contributed by atoms with Crippen molar-refractivity contribution < 1.29 is 14.3 Å². The fraction of sp³-hybridized carbons (Fsp3) is 0.526. The zero-order valence-electron chi connectivity index (χ0n) is 15.4. The summed E-state index contributed by atoms with van der Waals surface area (Å²) in [6, 6.07) is 5.69. The normalized spacial score (nSPS) is 16.9. The number of rotatable bonds is 5. The Morgan fingerprint density at radius 1 is 1.22 bits per heavy atom. The van der Waals surface area contributed by atoms with Crippen LogP contribution in [-0.2, 0) is 17.8 Å². The van der Waals surface area contributed by atoms with Crippen molar-refractivity contribution in [1.29, 1.82) is 0 Å². The molecular weight excluding hydrogens is 364 g/mol. The standard InChI is InChI=1S/C19H24N4O3S/c1-13(14-6-7-15-16(11-14)26-10-9-25-15)20-18(24)12-27-19-22-21-17-5-3-2-4-8-23(17)19/h6-7,11,13H,2-5,8-10,12H2,1H3,(H,20,24)/t13-/m1/s1. The molecule has 0 saturated carbocycles. The van der Waals surface area contributed by atoms with Crippen molar-refractivity contribution in [3.05, 3.63) is 29.6 Å². The number of aryl methyl sites for hydroxylation is 1. The smallest absolute Gasteiger partial charge is 0.230 e. The number of fused-ring (bicyclic) bond motifs is 2. The topological polar surface area (TPSA) is 78.3 Å². The molecule has 3 heterocycles. The van der Waals surface area contributed by atoms with Gasteiger partial charge in [0.25, 0.3) is 0 Å². The Bertz CT molecular complexity index is 823. The lowest BCUT2D eigenvalue weighted by atomic mass is 10.1. The molecule has 1 amide bonds. The molecule has 27 heavy (non-hydrogen) atoms. The molecule has 4 rings (SSSR count). The van der Waals surface area contributed by atoms with E-state index >= 15 is 0 Å². The molecule has 144 valence electrons. The van der Waals surface area contributed by atoms with Gasteiger partial charge < -0.3 is 19.4 Å². The van der Waals surface area contributed by atoms with Crippen molar-refractivity contribution in [2.24, 2.45) is 0 Å². The lowest BCUT2D eigenvalue weighted by molar-refractivity contribution is -0.119. The van der Waals surface area contributed by atoms with Gasteiger partial charge in [-0.25, -0.2) is 0 Å². The fourth-order valence-electron chi connectivity index (χ4n) is 3.39. The number of nitrogens with one attached hydrogen (secondary N) is 1. The van der Waals surface area contributed by atoms with Gasteiger partial charge in [-0.3, -0.25) is 4.79 Å². The summed E-state index contributed by atoms with van der Waals surface area (Å²) in [5, 5.41) is 12.4. The van der Waals surface area contributed by atoms with Crippen LogP contribution in [0.3, 0.4) is 0 Å². The van der Waals surface area contributed by atoms with Gasteiger partial charge in [-0.1, -0.05) is 24.2 Å². The average Bonchev–Trinajstić information content (AvgIpc) is 2.92. The summed E-state index contributed by atoms with van der Waals surface area (Å²) in [5.41, 5.74) is 0.994. The molecular formula is C19H24N4O3S. The number of aromatic nitrogens is 3. The van der Waals surface area contributed by atoms with Gasteiger partial charge in [0, 0.05) is 13.0 Å². The van der Waals surface area contributed by atoms with Crippen molar-refractivity contribution in [2.75, 3.05) is 19.0 Å². The molecule has 1 N–H and O–H groups in total. The first-order chi connectivity index (χ1) is 13.2. The molecule has 8 heteroatoms. The highest BCUT2D eigenvalue weighted by Crippen LogP contribution is 2.32. The number of benzene rings is 1. The first kappa shape index (κ1) is 18.2. The summed E-state index contributed by atoms with van der Waals surface area (Å²) in [6.45, 7) is 4.04. The first-order valence-electron chi connectivity index (χ1n) is 9.44. The second kappa shape index (κ2) is 8.21. The molecule has 1 aromatic carbocycles. The van der Waals surface area contributed by atoms with E-state index in [1.165, 1.54) is 18.2 Å². The molecule has 0 radical (unpaired) electrons. The van der Waals surface area contributed by atoms with Crippen molar-refractivity contribution >= 4 is 17.7 Å². The fourth-order valence-corrected chi connectivity index (χ4v) is 4.19. The number of hydrogen-bond donors (Lipinski definition) is 1. The lowest BCUT2D eigenvalue weighted by Crippen LogP contribution is -2.28. The highest BCUT2D eigenvalue weighted by atomic mass is 32.2. The Morgan fingerprint density at radius 2 is 2.07 bits per heavy atom. The van der Waals surface area contributed by atoms with Gasteiger partial charge in [0.1, 0.15) is 19.0 Å². The number of carbonyl (C=O) groups is 1. The Labute approximate surface area is 162 Å². The van der Waals surface area contributed by atoms with Crippen LogP contribution in [0.2, 0.25) is 0 Å². The summed E-state index contributed by atoms with van der Waals surface area (Å²) in [7, 11) is 0. The third-order valence-corrected chi connectivity index (χ3v) is 5.82. The number of amides is 1. The van der Waals surface area contributed by atoms with Crippen LogP contribution in [0.4, 0.5) is 0 Å². The van der Waals surface area contributed by atoms with Crippen molar-refractivity contribution in [2.45, 2.75) is 50.4 Å². The second-order valence-electron chi connectivity index (χ2n) is 6.84. The molecule has 2 aliphatic rings. The van der Waals surface area contributed by atoms with Crippen molar-refractivity contribution in [3.63, 3.8) is 0 Å². The van der Waals surface area contributed by atoms with E-state index in [0.29, 0.717) is 19.0 Å². The van der Waals surface area contributed by atoms with Crippen LogP contribution in [0.25, 0.3) is 0 Å². The van der Waals surface area contributed by atoms with Crippen LogP contribution in [0.1, 0.15) is 43.6 Å². The molecule has 2 aromatic rings. The van der Waals surface area contributed by atoms with Crippen molar-refractivity contribution in [3.8, 4) is 11.5 Å². The molecule has 7 nitrogen and oxygen atoms in total. The molecule has 0 unspecified atom stereocenters. The quantitative estimate of drug-likeness (QED) is 0.794. The van der Waals surface area contributed by atoms with Gasteiger partial charge in [0.05, 0.1) is 11.8 Å². The maximum absolute atomic E-state index is 12.4. The number of thioether (sulfide) groups is 1. The summed E-state index contributed by atoms with van der Waals surface area (Å²) in [5.74, 6) is 2.84. The van der Waals surface area contributed by atoms with E-state index < -0.39 is 0 Å². The summed E-state index contributed by atoms with van der Waals surface area (Å²) >= 11 is 1.45. The van der Waals surface area contributed by atoms with E-state index in [4.69, 9.17) is 9.47 Å². The van der Waals surface area contributed by atoms with E-state index in [0.717, 1.165) is 53.9 Å². The largest absolute Gasteiger partial charge is 0.486 e. The molecule has 0 spiro atoms. The third kappa shape index (κ3) is 4.21. The van der Waals surface area contributed by atoms with Gasteiger partial charge in [-0.05, 0) is 37.5 Å². The minimum Gasteiger partial charge on any atom is -0.486 e. The van der Waals surface area contributed by atoms with E-state index in [9.17, 15) is 4.79 Å². The molecule has 1 atom stereocenters. The highest BCUT2D eigenvalue weighted by Gasteiger charge is 2.18. The predicted molar refractivity (Wildman–Crippen MR) is 102 cm³/mol. The number of carbonyl (C=O) groups excluding carboxylic acids is 1. The van der Waals surface area contributed by atoms with Crippen LogP contribution in [0, 0.1) is 0 Å². The second-order valence-corrected chi connectivity index (χ2v) is 7.78. The summed E-state index contributed by atoms with van der Waals surface area (Å²) in [4.78, 5) is 12.4. The summed E-state index contributed by atoms with van der Waals surface area (Å²) < 4.78 is 13.3. The zero-order valence-corrected chi connectivity index (χ0v) is 16.3. The van der Waals surface area contributed by atoms with Gasteiger partial charge in [-0.2, -0.15) is 0 Å². The zero-order chi connectivity index (χ0) is 18.6. The number of ether oxygens (including phenoxy) is 2.